The molecule has 2 saturated heterocycles. The van der Waals surface area contributed by atoms with Crippen molar-refractivity contribution in [3.8, 4) is 0 Å². The third kappa shape index (κ3) is 2.56. The Kier molecular flexibility index (Phi) is 4.03. The van der Waals surface area contributed by atoms with Gasteiger partial charge in [0.2, 0.25) is 5.54 Å². The SMILES string of the molecule is CN(C)CCC1(c2ccc(N3C(=O)N4CC[CH][C@]4(C(N)=O)C3=O)cc2)CC1. The number of imide groups is 1. The zero-order valence-electron chi connectivity index (χ0n) is 15.8. The lowest BCUT2D eigenvalue weighted by molar-refractivity contribution is -0.134. The molecule has 0 bridgehead atoms. The quantitative estimate of drug-likeness (QED) is 0.604. The van der Waals surface area contributed by atoms with Gasteiger partial charge in [0, 0.05) is 13.0 Å². The number of nitrogens with zero attached hydrogens (tertiary/aromatic N) is 3. The van der Waals surface area contributed by atoms with Crippen LogP contribution >= 0.6 is 0 Å². The predicted molar refractivity (Wildman–Crippen MR) is 101 cm³/mol. The van der Waals surface area contributed by atoms with E-state index in [9.17, 15) is 14.4 Å². The molecule has 1 atom stereocenters. The molecule has 4 amide bonds. The van der Waals surface area contributed by atoms with Gasteiger partial charge in [-0.05, 0) is 69.4 Å². The van der Waals surface area contributed by atoms with Crippen LogP contribution in [0.25, 0.3) is 0 Å². The fourth-order valence-electron chi connectivity index (χ4n) is 4.32. The minimum absolute atomic E-state index is 0.212. The van der Waals surface area contributed by atoms with Gasteiger partial charge in [-0.3, -0.25) is 9.59 Å². The van der Waals surface area contributed by atoms with E-state index < -0.39 is 23.4 Å². The second kappa shape index (κ2) is 6.05. The number of rotatable bonds is 6. The number of hydrogen-bond acceptors (Lipinski definition) is 4. The molecule has 2 heterocycles. The molecule has 1 saturated carbocycles. The van der Waals surface area contributed by atoms with Crippen LogP contribution in [0.15, 0.2) is 24.3 Å². The van der Waals surface area contributed by atoms with E-state index in [0.29, 0.717) is 18.7 Å². The number of urea groups is 1. The van der Waals surface area contributed by atoms with Gasteiger partial charge < -0.3 is 15.5 Å². The van der Waals surface area contributed by atoms with Gasteiger partial charge in [0.05, 0.1) is 5.69 Å². The molecule has 3 fully saturated rings. The molecule has 0 spiro atoms. The molecule has 0 aromatic heterocycles. The fourth-order valence-corrected chi connectivity index (χ4v) is 4.32. The van der Waals surface area contributed by atoms with E-state index in [1.807, 2.05) is 12.1 Å². The van der Waals surface area contributed by atoms with Crippen LogP contribution in [0.1, 0.15) is 31.2 Å². The number of amides is 4. The number of benzene rings is 1. The summed E-state index contributed by atoms with van der Waals surface area (Å²) >= 11 is 0. The van der Waals surface area contributed by atoms with Crippen LogP contribution in [0.3, 0.4) is 0 Å². The third-order valence-corrected chi connectivity index (χ3v) is 6.17. The minimum Gasteiger partial charge on any atom is -0.367 e. The number of anilines is 1. The van der Waals surface area contributed by atoms with Crippen molar-refractivity contribution in [2.45, 2.75) is 36.6 Å². The van der Waals surface area contributed by atoms with Crippen LogP contribution in [0.2, 0.25) is 0 Å². The first-order valence-corrected chi connectivity index (χ1v) is 9.37. The van der Waals surface area contributed by atoms with E-state index in [0.717, 1.165) is 30.7 Å². The number of carbonyl (C=O) groups is 3. The highest BCUT2D eigenvalue weighted by Gasteiger charge is 2.64. The van der Waals surface area contributed by atoms with Gasteiger partial charge in [0.25, 0.3) is 11.8 Å². The maximum Gasteiger partial charge on any atom is 0.332 e. The van der Waals surface area contributed by atoms with E-state index >= 15 is 0 Å². The highest BCUT2D eigenvalue weighted by Crippen LogP contribution is 2.51. The van der Waals surface area contributed by atoms with Gasteiger partial charge in [-0.2, -0.15) is 0 Å². The van der Waals surface area contributed by atoms with Crippen molar-refractivity contribution in [2.75, 3.05) is 32.1 Å². The van der Waals surface area contributed by atoms with Crippen LogP contribution in [0.4, 0.5) is 10.5 Å². The number of nitrogens with two attached hydrogens (primary N) is 1. The van der Waals surface area contributed by atoms with Crippen LogP contribution in [0, 0.1) is 6.42 Å². The van der Waals surface area contributed by atoms with Crippen LogP contribution in [-0.2, 0) is 15.0 Å². The average molecular weight is 369 g/mol. The largest absolute Gasteiger partial charge is 0.367 e. The van der Waals surface area contributed by atoms with E-state index in [1.54, 1.807) is 18.6 Å². The standard InChI is InChI=1S/C20H25N4O3/c1-22(2)13-11-19(9-10-19)14-4-6-15(7-5-14)24-17(26)20(16(21)25)8-3-12-23(20)18(24)27/h4-8H,3,9-13H2,1-2H3,(H2,21,25)/t20-/m0/s1. The fraction of sp³-hybridized carbons (Fsp3) is 0.500. The molecule has 1 aliphatic carbocycles. The smallest absolute Gasteiger partial charge is 0.332 e. The Morgan fingerprint density at radius 3 is 2.37 bits per heavy atom. The normalized spacial score (nSPS) is 26.0. The lowest BCUT2D eigenvalue weighted by Crippen LogP contribution is -2.55. The summed E-state index contributed by atoms with van der Waals surface area (Å²) in [5.41, 5.74) is 5.81. The molecule has 1 aromatic rings. The minimum atomic E-state index is -1.63. The van der Waals surface area contributed by atoms with Gasteiger partial charge in [0.15, 0.2) is 0 Å². The Balaban J connectivity index is 1.59. The topological polar surface area (TPSA) is 86.9 Å². The Morgan fingerprint density at radius 1 is 1.19 bits per heavy atom. The molecule has 1 radical (unpaired) electrons. The van der Waals surface area contributed by atoms with Crippen LogP contribution in [-0.4, -0.2) is 60.4 Å². The molecule has 2 aliphatic heterocycles. The van der Waals surface area contributed by atoms with Gasteiger partial charge in [0.1, 0.15) is 0 Å². The van der Waals surface area contributed by atoms with Crippen molar-refractivity contribution >= 4 is 23.5 Å². The molecule has 1 aromatic carbocycles. The molecular weight excluding hydrogens is 344 g/mol. The van der Waals surface area contributed by atoms with E-state index in [4.69, 9.17) is 5.73 Å². The van der Waals surface area contributed by atoms with Crippen molar-refractivity contribution in [3.63, 3.8) is 0 Å². The van der Waals surface area contributed by atoms with E-state index in [2.05, 4.69) is 19.0 Å². The summed E-state index contributed by atoms with van der Waals surface area (Å²) in [5, 5.41) is 0. The maximum atomic E-state index is 13.0. The molecule has 4 rings (SSSR count). The molecule has 0 unspecified atom stereocenters. The highest BCUT2D eigenvalue weighted by atomic mass is 16.2. The lowest BCUT2D eigenvalue weighted by Gasteiger charge is -2.23. The molecule has 143 valence electrons. The number of hydrogen-bond donors (Lipinski definition) is 1. The molecule has 2 N–H and O–H groups in total. The molecule has 7 heteroatoms. The predicted octanol–water partition coefficient (Wildman–Crippen LogP) is 1.27. The van der Waals surface area contributed by atoms with Crippen molar-refractivity contribution in [2.24, 2.45) is 5.73 Å². The van der Waals surface area contributed by atoms with Gasteiger partial charge in [-0.25, -0.2) is 9.69 Å². The van der Waals surface area contributed by atoms with E-state index in [1.165, 1.54) is 10.5 Å². The first-order valence-electron chi connectivity index (χ1n) is 9.37. The second-order valence-corrected chi connectivity index (χ2v) is 8.08. The van der Waals surface area contributed by atoms with Crippen molar-refractivity contribution < 1.29 is 14.4 Å². The third-order valence-electron chi connectivity index (χ3n) is 6.17. The summed E-state index contributed by atoms with van der Waals surface area (Å²) in [4.78, 5) is 42.3. The first-order chi connectivity index (χ1) is 12.8. The molecule has 7 nitrogen and oxygen atoms in total. The number of fused-ring (bicyclic) bond motifs is 1. The van der Waals surface area contributed by atoms with Gasteiger partial charge in [-0.1, -0.05) is 12.1 Å². The zero-order chi connectivity index (χ0) is 19.4. The maximum absolute atomic E-state index is 13.0. The van der Waals surface area contributed by atoms with Crippen molar-refractivity contribution in [1.82, 2.24) is 9.80 Å². The summed E-state index contributed by atoms with van der Waals surface area (Å²) < 4.78 is 0. The summed E-state index contributed by atoms with van der Waals surface area (Å²) in [6, 6.07) is 7.13. The Labute approximate surface area is 159 Å². The Bertz CT molecular complexity index is 800. The van der Waals surface area contributed by atoms with Crippen LogP contribution < -0.4 is 10.6 Å². The monoisotopic (exact) mass is 369 g/mol. The lowest BCUT2D eigenvalue weighted by atomic mass is 9.92. The number of primary amides is 1. The van der Waals surface area contributed by atoms with Crippen molar-refractivity contribution in [3.05, 3.63) is 36.2 Å². The summed E-state index contributed by atoms with van der Waals surface area (Å²) in [7, 11) is 4.14. The highest BCUT2D eigenvalue weighted by molar-refractivity contribution is 6.32. The summed E-state index contributed by atoms with van der Waals surface area (Å²) in [5.74, 6) is -1.36. The Hall–Kier alpha value is -2.41. The van der Waals surface area contributed by atoms with E-state index in [-0.39, 0.29) is 5.41 Å². The molecule has 3 aliphatic rings. The van der Waals surface area contributed by atoms with Gasteiger partial charge >= 0.3 is 6.03 Å². The Morgan fingerprint density at radius 2 is 1.85 bits per heavy atom. The first kappa shape index (κ1) is 18.0. The zero-order valence-corrected chi connectivity index (χ0v) is 15.8. The van der Waals surface area contributed by atoms with Gasteiger partial charge in [-0.15, -0.1) is 0 Å². The number of carbonyl (C=O) groups excluding carboxylic acids is 3. The van der Waals surface area contributed by atoms with Crippen LogP contribution in [0.5, 0.6) is 0 Å². The second-order valence-electron chi connectivity index (χ2n) is 8.08. The van der Waals surface area contributed by atoms with Crippen molar-refractivity contribution in [1.29, 1.82) is 0 Å². The summed E-state index contributed by atoms with van der Waals surface area (Å²) in [6.07, 6.45) is 5.46. The average Bonchev–Trinajstić information content (AvgIpc) is 3.22. The molecular formula is C20H25N4O3. The summed E-state index contributed by atoms with van der Waals surface area (Å²) in [6.45, 7) is 1.35. The molecule has 27 heavy (non-hydrogen) atoms.